The first-order chi connectivity index (χ1) is 15.4. The van der Waals surface area contributed by atoms with Gasteiger partial charge in [0, 0.05) is 25.0 Å². The Kier molecular flexibility index (Phi) is 6.29. The third-order valence-corrected chi connectivity index (χ3v) is 5.76. The molecule has 164 valence electrons. The molecule has 0 fully saturated rings. The molecule has 2 aromatic carbocycles. The molecule has 32 heavy (non-hydrogen) atoms. The van der Waals surface area contributed by atoms with Crippen LogP contribution in [0.4, 0.5) is 5.69 Å². The molecule has 10 heteroatoms. The van der Waals surface area contributed by atoms with Crippen molar-refractivity contribution < 1.29 is 19.1 Å². The number of amides is 1. The number of esters is 1. The second kappa shape index (κ2) is 9.13. The van der Waals surface area contributed by atoms with Crippen molar-refractivity contribution in [2.75, 3.05) is 10.7 Å². The summed E-state index contributed by atoms with van der Waals surface area (Å²) in [6.45, 7) is 4.70. The molecule has 3 aromatic rings. The molecule has 1 atom stereocenters. The molecule has 4 rings (SSSR count). The van der Waals surface area contributed by atoms with Crippen molar-refractivity contribution in [2.45, 2.75) is 32.2 Å². The van der Waals surface area contributed by atoms with E-state index in [1.54, 1.807) is 24.3 Å². The van der Waals surface area contributed by atoms with Gasteiger partial charge < -0.3 is 9.47 Å². The van der Waals surface area contributed by atoms with Crippen molar-refractivity contribution in [2.24, 2.45) is 0 Å². The molecule has 0 N–H and O–H groups in total. The van der Waals surface area contributed by atoms with E-state index in [1.807, 2.05) is 25.1 Å². The van der Waals surface area contributed by atoms with Crippen LogP contribution in [0.5, 0.6) is 11.6 Å². The van der Waals surface area contributed by atoms with Gasteiger partial charge in [-0.2, -0.15) is 4.98 Å². The Morgan fingerprint density at radius 2 is 1.94 bits per heavy atom. The monoisotopic (exact) mass is 470 g/mol. The fourth-order valence-electron chi connectivity index (χ4n) is 3.40. The highest BCUT2D eigenvalue weighted by molar-refractivity contribution is 7.99. The highest BCUT2D eigenvalue weighted by atomic mass is 35.5. The van der Waals surface area contributed by atoms with Gasteiger partial charge in [0.25, 0.3) is 0 Å². The molecule has 1 aliphatic rings. The first kappa shape index (κ1) is 22.0. The van der Waals surface area contributed by atoms with E-state index >= 15 is 0 Å². The molecule has 1 aromatic heterocycles. The predicted octanol–water partition coefficient (Wildman–Crippen LogP) is 4.67. The summed E-state index contributed by atoms with van der Waals surface area (Å²) in [7, 11) is 0. The molecule has 1 aliphatic heterocycles. The van der Waals surface area contributed by atoms with Crippen molar-refractivity contribution in [3.05, 3.63) is 53.1 Å². The lowest BCUT2D eigenvalue weighted by molar-refractivity contribution is -0.131. The molecule has 0 unspecified atom stereocenters. The van der Waals surface area contributed by atoms with Crippen LogP contribution in [0.3, 0.4) is 0 Å². The largest absolute Gasteiger partial charge is 0.447 e. The number of ether oxygens (including phenoxy) is 2. The molecule has 0 radical (unpaired) electrons. The van der Waals surface area contributed by atoms with Crippen LogP contribution in [0.2, 0.25) is 5.02 Å². The minimum Gasteiger partial charge on any atom is -0.447 e. The van der Waals surface area contributed by atoms with Gasteiger partial charge in [-0.1, -0.05) is 60.6 Å². The van der Waals surface area contributed by atoms with Crippen molar-refractivity contribution in [3.63, 3.8) is 0 Å². The Hall–Kier alpha value is -3.17. The Labute approximate surface area is 193 Å². The van der Waals surface area contributed by atoms with E-state index in [-0.39, 0.29) is 22.6 Å². The number of anilines is 1. The quantitative estimate of drug-likeness (QED) is 0.308. The van der Waals surface area contributed by atoms with Crippen LogP contribution in [-0.2, 0) is 9.59 Å². The third kappa shape index (κ3) is 4.13. The fraction of sp³-hybridized carbons (Fsp3) is 0.227. The van der Waals surface area contributed by atoms with Gasteiger partial charge in [-0.15, -0.1) is 10.2 Å². The fourth-order valence-corrected chi connectivity index (χ4v) is 4.16. The Morgan fingerprint density at radius 1 is 1.16 bits per heavy atom. The zero-order chi connectivity index (χ0) is 22.8. The molecule has 0 spiro atoms. The summed E-state index contributed by atoms with van der Waals surface area (Å²) in [5, 5.41) is 9.15. The maximum Gasteiger partial charge on any atom is 0.308 e. The second-order valence-corrected chi connectivity index (χ2v) is 8.42. The number of nitrogens with zero attached hydrogens (tertiary/aromatic N) is 4. The van der Waals surface area contributed by atoms with E-state index in [0.717, 1.165) is 5.75 Å². The summed E-state index contributed by atoms with van der Waals surface area (Å²) in [6, 6.07) is 12.2. The SMILES string of the molecule is CCSc1nnc2c(n1)O[C@H](c1cccc(OC(C)=O)c1Cl)N(C(C)=O)c1ccccc1-2. The Balaban J connectivity index is 1.94. The van der Waals surface area contributed by atoms with Gasteiger partial charge in [-0.25, -0.2) is 0 Å². The Morgan fingerprint density at radius 3 is 2.66 bits per heavy atom. The number of hydrogen-bond donors (Lipinski definition) is 0. The molecular weight excluding hydrogens is 452 g/mol. The minimum absolute atomic E-state index is 0.157. The van der Waals surface area contributed by atoms with Gasteiger partial charge in [0.05, 0.1) is 10.7 Å². The minimum atomic E-state index is -0.978. The van der Waals surface area contributed by atoms with Crippen LogP contribution in [0.25, 0.3) is 11.3 Å². The number of halogens is 1. The van der Waals surface area contributed by atoms with Crippen LogP contribution >= 0.6 is 23.4 Å². The van der Waals surface area contributed by atoms with E-state index in [2.05, 4.69) is 15.2 Å². The number of fused-ring (bicyclic) bond motifs is 3. The van der Waals surface area contributed by atoms with Gasteiger partial charge >= 0.3 is 5.97 Å². The summed E-state index contributed by atoms with van der Waals surface area (Å²) in [5.41, 5.74) is 2.08. The summed E-state index contributed by atoms with van der Waals surface area (Å²) >= 11 is 8.02. The number of carbonyl (C=O) groups excluding carboxylic acids is 2. The van der Waals surface area contributed by atoms with Crippen LogP contribution in [0, 0.1) is 0 Å². The average molecular weight is 471 g/mol. The van der Waals surface area contributed by atoms with E-state index < -0.39 is 12.2 Å². The number of aromatic nitrogens is 3. The molecular formula is C22H19ClN4O4S. The average Bonchev–Trinajstić information content (AvgIpc) is 2.89. The van der Waals surface area contributed by atoms with E-state index in [9.17, 15) is 9.59 Å². The maximum atomic E-state index is 12.8. The molecule has 8 nitrogen and oxygen atoms in total. The number of benzene rings is 2. The topological polar surface area (TPSA) is 94.5 Å². The molecule has 1 amide bonds. The normalized spacial score (nSPS) is 14.6. The Bertz CT molecular complexity index is 1210. The van der Waals surface area contributed by atoms with Gasteiger partial charge in [0.2, 0.25) is 23.2 Å². The summed E-state index contributed by atoms with van der Waals surface area (Å²) in [6.07, 6.45) is -0.978. The molecule has 0 saturated carbocycles. The highest BCUT2D eigenvalue weighted by Gasteiger charge is 2.36. The van der Waals surface area contributed by atoms with Crippen molar-refractivity contribution in [1.82, 2.24) is 15.2 Å². The van der Waals surface area contributed by atoms with Gasteiger partial charge in [0.15, 0.2) is 5.69 Å². The summed E-state index contributed by atoms with van der Waals surface area (Å²) in [4.78, 5) is 30.4. The zero-order valence-electron chi connectivity index (χ0n) is 17.5. The first-order valence-corrected chi connectivity index (χ1v) is 11.2. The zero-order valence-corrected chi connectivity index (χ0v) is 19.1. The predicted molar refractivity (Wildman–Crippen MR) is 121 cm³/mol. The van der Waals surface area contributed by atoms with Gasteiger partial charge in [0.1, 0.15) is 5.75 Å². The van der Waals surface area contributed by atoms with E-state index in [1.165, 1.54) is 30.5 Å². The maximum absolute atomic E-state index is 12.8. The molecule has 0 aliphatic carbocycles. The van der Waals surface area contributed by atoms with Crippen LogP contribution in [-0.4, -0.2) is 32.8 Å². The van der Waals surface area contributed by atoms with Crippen molar-refractivity contribution >= 4 is 40.9 Å². The number of carbonyl (C=O) groups is 2. The van der Waals surface area contributed by atoms with Crippen LogP contribution in [0.15, 0.2) is 47.6 Å². The standard InChI is InChI=1S/C22H19ClN4O4S/c1-4-32-22-24-20-19(25-26-22)14-8-5-6-10-16(14)27(12(2)28)21(31-20)15-9-7-11-17(18(15)23)30-13(3)29/h5-11,21H,4H2,1-3H3/t21-/m1/s1. The van der Waals surface area contributed by atoms with E-state index in [0.29, 0.717) is 27.7 Å². The lowest BCUT2D eigenvalue weighted by atomic mass is 10.1. The molecule has 0 bridgehead atoms. The third-order valence-electron chi connectivity index (χ3n) is 4.64. The van der Waals surface area contributed by atoms with Gasteiger partial charge in [-0.05, 0) is 17.9 Å². The van der Waals surface area contributed by atoms with Crippen LogP contribution in [0.1, 0.15) is 32.6 Å². The highest BCUT2D eigenvalue weighted by Crippen LogP contribution is 2.45. The van der Waals surface area contributed by atoms with Crippen LogP contribution < -0.4 is 14.4 Å². The van der Waals surface area contributed by atoms with E-state index in [4.69, 9.17) is 21.1 Å². The smallest absolute Gasteiger partial charge is 0.308 e. The second-order valence-electron chi connectivity index (χ2n) is 6.81. The number of para-hydroxylation sites is 1. The lowest BCUT2D eigenvalue weighted by Gasteiger charge is -2.30. The van der Waals surface area contributed by atoms with Crippen molar-refractivity contribution in [3.8, 4) is 22.9 Å². The van der Waals surface area contributed by atoms with Gasteiger partial charge in [-0.3, -0.25) is 14.5 Å². The molecule has 2 heterocycles. The summed E-state index contributed by atoms with van der Waals surface area (Å²) in [5.74, 6) is 0.371. The molecule has 0 saturated heterocycles. The lowest BCUT2D eigenvalue weighted by Crippen LogP contribution is -2.36. The number of hydrogen-bond acceptors (Lipinski definition) is 8. The number of rotatable bonds is 4. The summed E-state index contributed by atoms with van der Waals surface area (Å²) < 4.78 is 11.5. The number of thioether (sulfide) groups is 1. The first-order valence-electron chi connectivity index (χ1n) is 9.81. The van der Waals surface area contributed by atoms with Crippen molar-refractivity contribution in [1.29, 1.82) is 0 Å².